The highest BCUT2D eigenvalue weighted by atomic mass is 17.3. The van der Waals surface area contributed by atoms with Gasteiger partial charge in [0.15, 0.2) is 0 Å². The van der Waals surface area contributed by atoms with Gasteiger partial charge in [-0.3, -0.25) is 0 Å². The topological polar surface area (TPSA) is 155 Å². The molecule has 0 radical (unpaired) electrons. The van der Waals surface area contributed by atoms with E-state index in [1.54, 1.807) is 0 Å². The van der Waals surface area contributed by atoms with Crippen molar-refractivity contribution >= 4 is 0 Å². The lowest BCUT2D eigenvalue weighted by atomic mass is 11.5. The van der Waals surface area contributed by atoms with E-state index in [0.29, 0.717) is 0 Å². The summed E-state index contributed by atoms with van der Waals surface area (Å²) >= 11 is 0. The molecule has 16 heavy (non-hydrogen) atoms. The van der Waals surface area contributed by atoms with Gasteiger partial charge in [0.05, 0.1) is 0 Å². The van der Waals surface area contributed by atoms with Gasteiger partial charge in [0.1, 0.15) is 0 Å². The van der Waals surface area contributed by atoms with E-state index >= 15 is 0 Å². The van der Waals surface area contributed by atoms with Gasteiger partial charge in [-0.25, -0.2) is 60.1 Å². The zero-order valence-electron chi connectivity index (χ0n) is 7.88. The van der Waals surface area contributed by atoms with Gasteiger partial charge < -0.3 is 0 Å². The van der Waals surface area contributed by atoms with E-state index in [1.165, 1.54) is 0 Å². The molecule has 0 atom stereocenters. The Morgan fingerprint density at radius 2 is 0.625 bits per heavy atom. The summed E-state index contributed by atoms with van der Waals surface area (Å²) in [4.78, 5) is 29.5. The number of hydrogen-bond acceptors (Lipinski definition) is 12. The van der Waals surface area contributed by atoms with Crippen molar-refractivity contribution in [2.75, 3.05) is 27.2 Å². The minimum absolute atomic E-state index is 0.427. The maximum Gasteiger partial charge on any atom is 0.214 e. The molecule has 0 aromatic heterocycles. The summed E-state index contributed by atoms with van der Waals surface area (Å²) in [5, 5.41) is 30.2. The van der Waals surface area contributed by atoms with Gasteiger partial charge in [0.25, 0.3) is 0 Å². The Morgan fingerprint density at radius 3 is 0.750 bits per heavy atom. The van der Waals surface area contributed by atoms with Gasteiger partial charge in [0, 0.05) is 0 Å². The predicted molar refractivity (Wildman–Crippen MR) is 38.7 cm³/mol. The van der Waals surface area contributed by atoms with E-state index in [9.17, 15) is 0 Å². The van der Waals surface area contributed by atoms with Gasteiger partial charge in [-0.05, 0) is 0 Å². The Hall–Kier alpha value is -0.480. The Labute approximate surface area is 88.5 Å². The summed E-state index contributed by atoms with van der Waals surface area (Å²) < 4.78 is 0. The first kappa shape index (κ1) is 17.9. The summed E-state index contributed by atoms with van der Waals surface area (Å²) in [5.74, 6) is 0. The van der Waals surface area contributed by atoms with Crippen LogP contribution in [0.5, 0.6) is 0 Å². The van der Waals surface area contributed by atoms with Crippen molar-refractivity contribution in [2.24, 2.45) is 0 Å². The highest BCUT2D eigenvalue weighted by molar-refractivity contribution is 3.78. The quantitative estimate of drug-likeness (QED) is 0.174. The molecule has 12 nitrogen and oxygen atoms in total. The molecular weight excluding hydrogens is 240 g/mol. The zero-order chi connectivity index (χ0) is 12.5. The van der Waals surface area contributed by atoms with Gasteiger partial charge in [-0.15, -0.1) is 0 Å². The SMILES string of the molecule is OOCOOCOO.OOCOOCOO. The minimum Gasteiger partial charge on any atom is -0.249 e. The smallest absolute Gasteiger partial charge is 0.214 e. The van der Waals surface area contributed by atoms with E-state index in [0.717, 1.165) is 0 Å². The molecule has 0 saturated heterocycles. The van der Waals surface area contributed by atoms with Crippen LogP contribution in [0.4, 0.5) is 0 Å². The normalized spacial score (nSPS) is 9.75. The molecule has 0 bridgehead atoms. The van der Waals surface area contributed by atoms with E-state index in [-0.39, 0.29) is 0 Å². The summed E-state index contributed by atoms with van der Waals surface area (Å²) in [6.45, 7) is -1.71. The molecular formula is C4H12O12. The van der Waals surface area contributed by atoms with Crippen LogP contribution >= 0.6 is 0 Å². The second-order valence-electron chi connectivity index (χ2n) is 1.46. The third kappa shape index (κ3) is 23.4. The summed E-state index contributed by atoms with van der Waals surface area (Å²) in [7, 11) is 0. The molecule has 0 aromatic rings. The highest BCUT2D eigenvalue weighted by Gasteiger charge is 1.84. The van der Waals surface area contributed by atoms with Gasteiger partial charge in [-0.1, -0.05) is 0 Å². The van der Waals surface area contributed by atoms with Gasteiger partial charge in [0.2, 0.25) is 27.2 Å². The standard InChI is InChI=1S/2C2H6O6/c2*3-5-1-7-8-2-6-4/h2*3-4H,1-2H2. The molecule has 0 unspecified atom stereocenters. The minimum atomic E-state index is -0.427. The lowest BCUT2D eigenvalue weighted by Gasteiger charge is -1.96. The second kappa shape index (κ2) is 20.0. The molecule has 0 aliphatic heterocycles. The van der Waals surface area contributed by atoms with Crippen molar-refractivity contribution in [3.05, 3.63) is 0 Å². The van der Waals surface area contributed by atoms with E-state index in [2.05, 4.69) is 39.1 Å². The molecule has 0 spiro atoms. The number of rotatable bonds is 10. The second-order valence-corrected chi connectivity index (χ2v) is 1.46. The summed E-state index contributed by atoms with van der Waals surface area (Å²) in [6, 6.07) is 0. The van der Waals surface area contributed by atoms with Crippen molar-refractivity contribution in [1.29, 1.82) is 0 Å². The summed E-state index contributed by atoms with van der Waals surface area (Å²) in [5.41, 5.74) is 0. The molecule has 0 aliphatic carbocycles. The maximum absolute atomic E-state index is 7.56. The van der Waals surface area contributed by atoms with Crippen LogP contribution in [0.2, 0.25) is 0 Å². The molecule has 4 N–H and O–H groups in total. The average Bonchev–Trinajstić information content (AvgIpc) is 2.31. The molecule has 0 saturated carbocycles. The molecule has 0 heterocycles. The molecule has 0 fully saturated rings. The fraction of sp³-hybridized carbons (Fsp3) is 1.00. The van der Waals surface area contributed by atoms with Crippen molar-refractivity contribution in [2.45, 2.75) is 0 Å². The Morgan fingerprint density at radius 1 is 0.438 bits per heavy atom. The van der Waals surface area contributed by atoms with Crippen LogP contribution in [0.3, 0.4) is 0 Å². The Kier molecular flexibility index (Phi) is 22.4. The maximum atomic E-state index is 7.56. The Balaban J connectivity index is 0. The van der Waals surface area contributed by atoms with Crippen LogP contribution in [0.1, 0.15) is 0 Å². The molecule has 0 amide bonds. The predicted octanol–water partition coefficient (Wildman–Crippen LogP) is -0.342. The average molecular weight is 252 g/mol. The molecule has 0 aromatic carbocycles. The van der Waals surface area contributed by atoms with Crippen LogP contribution in [0.15, 0.2) is 0 Å². The lowest BCUT2D eigenvalue weighted by molar-refractivity contribution is -0.449. The van der Waals surface area contributed by atoms with Crippen LogP contribution < -0.4 is 0 Å². The van der Waals surface area contributed by atoms with Crippen molar-refractivity contribution in [3.63, 3.8) is 0 Å². The largest absolute Gasteiger partial charge is 0.249 e. The van der Waals surface area contributed by atoms with Crippen LogP contribution in [-0.2, 0) is 39.1 Å². The van der Waals surface area contributed by atoms with E-state index < -0.39 is 27.2 Å². The first-order chi connectivity index (χ1) is 7.83. The van der Waals surface area contributed by atoms with Crippen LogP contribution in [-0.4, -0.2) is 48.2 Å². The zero-order valence-corrected chi connectivity index (χ0v) is 7.88. The fourth-order valence-electron chi connectivity index (χ4n) is 0.222. The highest BCUT2D eigenvalue weighted by Crippen LogP contribution is 1.77. The van der Waals surface area contributed by atoms with Crippen LogP contribution in [0.25, 0.3) is 0 Å². The summed E-state index contributed by atoms with van der Waals surface area (Å²) in [6.07, 6.45) is 0. The molecule has 12 heteroatoms. The number of hydrogen-bond donors (Lipinski definition) is 4. The van der Waals surface area contributed by atoms with E-state index in [1.807, 2.05) is 0 Å². The molecule has 100 valence electrons. The first-order valence-corrected chi connectivity index (χ1v) is 3.37. The van der Waals surface area contributed by atoms with Crippen molar-refractivity contribution < 1.29 is 60.1 Å². The third-order valence-corrected chi connectivity index (χ3v) is 0.570. The monoisotopic (exact) mass is 252 g/mol. The van der Waals surface area contributed by atoms with Crippen LogP contribution in [0, 0.1) is 0 Å². The first-order valence-electron chi connectivity index (χ1n) is 3.37. The lowest BCUT2D eigenvalue weighted by Crippen LogP contribution is -2.01. The molecule has 0 rings (SSSR count). The van der Waals surface area contributed by atoms with Crippen molar-refractivity contribution in [1.82, 2.24) is 0 Å². The van der Waals surface area contributed by atoms with Crippen molar-refractivity contribution in [3.8, 4) is 0 Å². The fourth-order valence-corrected chi connectivity index (χ4v) is 0.222. The van der Waals surface area contributed by atoms with Gasteiger partial charge >= 0.3 is 0 Å². The molecule has 0 aliphatic rings. The van der Waals surface area contributed by atoms with E-state index in [4.69, 9.17) is 21.0 Å². The van der Waals surface area contributed by atoms with Gasteiger partial charge in [-0.2, -0.15) is 0 Å². The third-order valence-electron chi connectivity index (χ3n) is 0.570. The Bertz CT molecular complexity index is 75.0.